The SMILES string of the molecule is NC(=O)C(c1ccccc1)(c1ccccc1)[C@@H]1CCN(CCc2ccc(CCNC(Cc3ccccc3)C3=COCO3)cc2)C1. The Kier molecular flexibility index (Phi) is 9.93. The number of benzene rings is 4. The van der Waals surface area contributed by atoms with E-state index in [-0.39, 0.29) is 24.7 Å². The van der Waals surface area contributed by atoms with Crippen molar-refractivity contribution in [3.8, 4) is 0 Å². The van der Waals surface area contributed by atoms with Crippen LogP contribution in [-0.2, 0) is 38.9 Å². The number of amides is 1. The Morgan fingerprint density at radius 2 is 1.42 bits per heavy atom. The smallest absolute Gasteiger partial charge is 0.232 e. The van der Waals surface area contributed by atoms with Crippen LogP contribution in [0.2, 0.25) is 0 Å². The highest BCUT2D eigenvalue weighted by Crippen LogP contribution is 2.43. The molecule has 6 nitrogen and oxygen atoms in total. The fourth-order valence-electron chi connectivity index (χ4n) is 7.02. The van der Waals surface area contributed by atoms with Crippen molar-refractivity contribution in [2.75, 3.05) is 33.0 Å². The van der Waals surface area contributed by atoms with E-state index in [9.17, 15) is 4.79 Å². The quantitative estimate of drug-likeness (QED) is 0.197. The van der Waals surface area contributed by atoms with E-state index in [1.54, 1.807) is 6.26 Å². The molecular weight excluding hydrogens is 558 g/mol. The largest absolute Gasteiger partial charge is 0.462 e. The van der Waals surface area contributed by atoms with E-state index in [1.807, 2.05) is 42.5 Å². The van der Waals surface area contributed by atoms with Crippen LogP contribution in [0.15, 0.2) is 127 Å². The Hall–Kier alpha value is -4.39. The first-order valence-electron chi connectivity index (χ1n) is 16.1. The number of nitrogens with one attached hydrogen (secondary N) is 1. The average molecular weight is 602 g/mol. The maximum atomic E-state index is 13.4. The van der Waals surface area contributed by atoms with Gasteiger partial charge >= 0.3 is 0 Å². The van der Waals surface area contributed by atoms with Crippen LogP contribution in [0.5, 0.6) is 0 Å². The third-order valence-electron chi connectivity index (χ3n) is 9.39. The van der Waals surface area contributed by atoms with Crippen molar-refractivity contribution in [2.24, 2.45) is 11.7 Å². The average Bonchev–Trinajstić information content (AvgIpc) is 3.79. The second kappa shape index (κ2) is 14.6. The van der Waals surface area contributed by atoms with Gasteiger partial charge in [-0.15, -0.1) is 0 Å². The highest BCUT2D eigenvalue weighted by Gasteiger charge is 2.49. The van der Waals surface area contributed by atoms with Crippen molar-refractivity contribution in [3.05, 3.63) is 155 Å². The van der Waals surface area contributed by atoms with Gasteiger partial charge in [-0.3, -0.25) is 4.79 Å². The van der Waals surface area contributed by atoms with Gasteiger partial charge in [0, 0.05) is 13.1 Å². The molecule has 45 heavy (non-hydrogen) atoms. The molecule has 1 unspecified atom stereocenters. The summed E-state index contributed by atoms with van der Waals surface area (Å²) in [6.07, 6.45) is 5.41. The van der Waals surface area contributed by atoms with Crippen molar-refractivity contribution >= 4 is 5.91 Å². The molecule has 1 saturated heterocycles. The van der Waals surface area contributed by atoms with Crippen LogP contribution < -0.4 is 11.1 Å². The monoisotopic (exact) mass is 601 g/mol. The summed E-state index contributed by atoms with van der Waals surface area (Å²) >= 11 is 0. The van der Waals surface area contributed by atoms with Crippen molar-refractivity contribution in [3.63, 3.8) is 0 Å². The minimum Gasteiger partial charge on any atom is -0.462 e. The second-order valence-electron chi connectivity index (χ2n) is 12.2. The van der Waals surface area contributed by atoms with Gasteiger partial charge in [-0.2, -0.15) is 0 Å². The Morgan fingerprint density at radius 1 is 0.822 bits per heavy atom. The molecule has 2 aliphatic rings. The number of hydrogen-bond donors (Lipinski definition) is 2. The molecule has 1 fully saturated rings. The highest BCUT2D eigenvalue weighted by atomic mass is 16.7. The molecule has 0 bridgehead atoms. The van der Waals surface area contributed by atoms with Crippen LogP contribution in [0.25, 0.3) is 0 Å². The minimum atomic E-state index is -0.847. The molecule has 3 N–H and O–H groups in total. The number of hydrogen-bond acceptors (Lipinski definition) is 5. The molecule has 0 aliphatic carbocycles. The summed E-state index contributed by atoms with van der Waals surface area (Å²) in [6.45, 7) is 3.88. The zero-order chi connectivity index (χ0) is 30.9. The van der Waals surface area contributed by atoms with Gasteiger partial charge in [0.15, 0.2) is 5.76 Å². The fourth-order valence-corrected chi connectivity index (χ4v) is 7.02. The van der Waals surface area contributed by atoms with E-state index < -0.39 is 5.41 Å². The van der Waals surface area contributed by atoms with E-state index in [4.69, 9.17) is 15.2 Å². The molecule has 4 aromatic rings. The standard InChI is InChI=1S/C39H43N3O3/c40-38(43)39(33-12-6-2-7-13-33,34-14-8-3-9-15-34)35-22-25-42(27-35)24-21-31-18-16-30(17-19-31)20-23-41-36(37-28-44-29-45-37)26-32-10-4-1-5-11-32/h1-19,28,35-36,41H,20-27,29H2,(H2,40,43)/t35-,36?/m1/s1. The molecule has 6 rings (SSSR count). The van der Waals surface area contributed by atoms with Crippen molar-refractivity contribution < 1.29 is 14.3 Å². The van der Waals surface area contributed by atoms with Gasteiger partial charge in [-0.1, -0.05) is 115 Å². The molecule has 6 heteroatoms. The summed E-state index contributed by atoms with van der Waals surface area (Å²) in [6, 6.07) is 39.7. The normalized spacial score (nSPS) is 17.3. The van der Waals surface area contributed by atoms with E-state index in [2.05, 4.69) is 83.0 Å². The Labute approximate surface area is 266 Å². The lowest BCUT2D eigenvalue weighted by Gasteiger charge is -2.37. The molecular formula is C39H43N3O3. The van der Waals surface area contributed by atoms with Crippen LogP contribution >= 0.6 is 0 Å². The summed E-state index contributed by atoms with van der Waals surface area (Å²) in [5.74, 6) is 0.695. The molecule has 232 valence electrons. The molecule has 2 aliphatic heterocycles. The van der Waals surface area contributed by atoms with Gasteiger partial charge in [-0.05, 0) is 72.5 Å². The number of nitrogens with two attached hydrogens (primary N) is 1. The first-order chi connectivity index (χ1) is 22.1. The number of nitrogens with zero attached hydrogens (tertiary/aromatic N) is 1. The third-order valence-corrected chi connectivity index (χ3v) is 9.39. The van der Waals surface area contributed by atoms with Crippen LogP contribution in [0.1, 0.15) is 34.2 Å². The van der Waals surface area contributed by atoms with Crippen LogP contribution in [0.4, 0.5) is 0 Å². The van der Waals surface area contributed by atoms with E-state index >= 15 is 0 Å². The lowest BCUT2D eigenvalue weighted by molar-refractivity contribution is -0.123. The number of carbonyl (C=O) groups is 1. The molecule has 2 heterocycles. The topological polar surface area (TPSA) is 76.8 Å². The summed E-state index contributed by atoms with van der Waals surface area (Å²) in [7, 11) is 0. The molecule has 2 atom stereocenters. The highest BCUT2D eigenvalue weighted by molar-refractivity contribution is 5.91. The Morgan fingerprint density at radius 3 is 2.00 bits per heavy atom. The van der Waals surface area contributed by atoms with Gasteiger partial charge in [0.1, 0.15) is 11.7 Å². The van der Waals surface area contributed by atoms with Gasteiger partial charge in [0.25, 0.3) is 0 Å². The summed E-state index contributed by atoms with van der Waals surface area (Å²) in [5, 5.41) is 3.67. The number of likely N-dealkylation sites (tertiary alicyclic amines) is 1. The van der Waals surface area contributed by atoms with Gasteiger partial charge in [0.05, 0.1) is 6.04 Å². The molecule has 0 radical (unpaired) electrons. The van der Waals surface area contributed by atoms with E-state index in [1.165, 1.54) is 16.7 Å². The molecule has 4 aromatic carbocycles. The fraction of sp³-hybridized carbons (Fsp3) is 0.308. The molecule has 0 saturated carbocycles. The minimum absolute atomic E-state index is 0.0792. The Bertz CT molecular complexity index is 1500. The zero-order valence-electron chi connectivity index (χ0n) is 25.8. The zero-order valence-corrected chi connectivity index (χ0v) is 25.8. The van der Waals surface area contributed by atoms with Crippen molar-refractivity contribution in [1.29, 1.82) is 0 Å². The lowest BCUT2D eigenvalue weighted by atomic mass is 9.64. The lowest BCUT2D eigenvalue weighted by Crippen LogP contribution is -2.49. The third kappa shape index (κ3) is 7.14. The van der Waals surface area contributed by atoms with Crippen molar-refractivity contribution in [1.82, 2.24) is 10.2 Å². The van der Waals surface area contributed by atoms with Crippen molar-refractivity contribution in [2.45, 2.75) is 37.1 Å². The first kappa shape index (κ1) is 30.6. The van der Waals surface area contributed by atoms with E-state index in [0.717, 1.165) is 68.7 Å². The van der Waals surface area contributed by atoms with Crippen LogP contribution in [-0.4, -0.2) is 49.8 Å². The number of rotatable bonds is 14. The maximum Gasteiger partial charge on any atom is 0.232 e. The molecule has 0 spiro atoms. The Balaban J connectivity index is 1.04. The molecule has 1 amide bonds. The van der Waals surface area contributed by atoms with Crippen LogP contribution in [0.3, 0.4) is 0 Å². The predicted molar refractivity (Wildman–Crippen MR) is 178 cm³/mol. The maximum absolute atomic E-state index is 13.4. The summed E-state index contributed by atoms with van der Waals surface area (Å²) in [5.41, 5.74) is 11.3. The summed E-state index contributed by atoms with van der Waals surface area (Å²) in [4.78, 5) is 15.9. The second-order valence-corrected chi connectivity index (χ2v) is 12.2. The van der Waals surface area contributed by atoms with E-state index in [0.29, 0.717) is 0 Å². The number of ether oxygens (including phenoxy) is 2. The van der Waals surface area contributed by atoms with Gasteiger partial charge < -0.3 is 25.4 Å². The van der Waals surface area contributed by atoms with Crippen LogP contribution in [0, 0.1) is 5.92 Å². The van der Waals surface area contributed by atoms with Gasteiger partial charge in [0.2, 0.25) is 12.7 Å². The molecule has 0 aromatic heterocycles. The number of carbonyl (C=O) groups excluding carboxylic acids is 1. The van der Waals surface area contributed by atoms with Gasteiger partial charge in [-0.25, -0.2) is 0 Å². The predicted octanol–water partition coefficient (Wildman–Crippen LogP) is 5.61. The first-order valence-corrected chi connectivity index (χ1v) is 16.1. The summed E-state index contributed by atoms with van der Waals surface area (Å²) < 4.78 is 11.0. The number of primary amides is 1.